The molecule has 1 aliphatic heterocycles. The zero-order valence-electron chi connectivity index (χ0n) is 21.1. The summed E-state index contributed by atoms with van der Waals surface area (Å²) in [7, 11) is 1.48. The van der Waals surface area contributed by atoms with E-state index in [0.29, 0.717) is 48.5 Å². The van der Waals surface area contributed by atoms with Gasteiger partial charge in [0.25, 0.3) is 0 Å². The molecule has 0 saturated carbocycles. The van der Waals surface area contributed by atoms with Gasteiger partial charge in [-0.15, -0.1) is 0 Å². The molecule has 2 aromatic carbocycles. The van der Waals surface area contributed by atoms with E-state index in [1.54, 1.807) is 17.2 Å². The molecule has 0 spiro atoms. The largest absolute Gasteiger partial charge is 0.398 e. The number of nitrogens with zero attached hydrogens (tertiary/aromatic N) is 5. The number of benzene rings is 2. The standard InChI is InChI=1S/C28H29N7O3/c1-38-16-25(36)34-10-9-21(15-34)27(37)24-12-22(26-28(30)32-17-33-35(24)26)19-7-8-20(23(29)11-19)14-31-13-18-5-3-2-4-6-18/h2-8,11-12,14,17,21H,9-10,13,15-16,29H2,1H3,(H2,30,32,33). The second-order valence-electron chi connectivity index (χ2n) is 9.27. The third kappa shape index (κ3) is 4.98. The number of carbonyl (C=O) groups is 2. The fraction of sp³-hybridized carbons (Fsp3) is 0.250. The molecule has 2 aromatic heterocycles. The Bertz CT molecular complexity index is 1510. The summed E-state index contributed by atoms with van der Waals surface area (Å²) in [5, 5.41) is 4.33. The molecule has 10 heteroatoms. The van der Waals surface area contributed by atoms with Gasteiger partial charge in [-0.05, 0) is 29.7 Å². The van der Waals surface area contributed by atoms with Gasteiger partial charge in [-0.25, -0.2) is 9.50 Å². The van der Waals surface area contributed by atoms with Crippen LogP contribution in [0.4, 0.5) is 11.5 Å². The van der Waals surface area contributed by atoms with Crippen LogP contribution in [0, 0.1) is 5.92 Å². The van der Waals surface area contributed by atoms with Gasteiger partial charge >= 0.3 is 0 Å². The summed E-state index contributed by atoms with van der Waals surface area (Å²) in [6.45, 7) is 1.41. The van der Waals surface area contributed by atoms with Crippen molar-refractivity contribution in [3.63, 3.8) is 0 Å². The van der Waals surface area contributed by atoms with Crippen molar-refractivity contribution in [3.8, 4) is 11.1 Å². The number of ketones is 1. The number of hydrogen-bond donors (Lipinski definition) is 2. The van der Waals surface area contributed by atoms with Gasteiger partial charge in [0.1, 0.15) is 24.1 Å². The smallest absolute Gasteiger partial charge is 0.248 e. The first-order valence-corrected chi connectivity index (χ1v) is 12.3. The van der Waals surface area contributed by atoms with Gasteiger partial charge in [0.05, 0.1) is 6.54 Å². The Labute approximate surface area is 219 Å². The number of likely N-dealkylation sites (tertiary alicyclic amines) is 1. The predicted octanol–water partition coefficient (Wildman–Crippen LogP) is 2.86. The highest BCUT2D eigenvalue weighted by Gasteiger charge is 2.33. The van der Waals surface area contributed by atoms with E-state index >= 15 is 0 Å². The average molecular weight is 512 g/mol. The minimum Gasteiger partial charge on any atom is -0.398 e. The molecular weight excluding hydrogens is 482 g/mol. The minimum atomic E-state index is -0.341. The fourth-order valence-corrected chi connectivity index (χ4v) is 4.78. The molecule has 1 amide bonds. The summed E-state index contributed by atoms with van der Waals surface area (Å²) in [5.74, 6) is -0.316. The molecule has 5 rings (SSSR count). The Morgan fingerprint density at radius 2 is 1.97 bits per heavy atom. The van der Waals surface area contributed by atoms with Crippen molar-refractivity contribution in [3.05, 3.63) is 77.7 Å². The summed E-state index contributed by atoms with van der Waals surface area (Å²) in [5.41, 5.74) is 17.5. The Hall–Kier alpha value is -4.57. The molecule has 38 heavy (non-hydrogen) atoms. The van der Waals surface area contributed by atoms with Crippen LogP contribution in [0.2, 0.25) is 0 Å². The maximum absolute atomic E-state index is 13.6. The van der Waals surface area contributed by atoms with Crippen molar-refractivity contribution < 1.29 is 14.3 Å². The number of fused-ring (bicyclic) bond motifs is 1. The predicted molar refractivity (Wildman–Crippen MR) is 146 cm³/mol. The molecule has 1 unspecified atom stereocenters. The first-order chi connectivity index (χ1) is 18.5. The van der Waals surface area contributed by atoms with Gasteiger partial charge in [0.2, 0.25) is 5.91 Å². The molecule has 0 aliphatic carbocycles. The molecule has 1 aliphatic rings. The SMILES string of the molecule is COCC(=O)N1CCC(C(=O)c2cc(-c3ccc(C=NCc4ccccc4)c(N)c3)c3c(N)ncnn23)C1. The van der Waals surface area contributed by atoms with Crippen molar-refractivity contribution >= 4 is 34.9 Å². The molecule has 0 bridgehead atoms. The van der Waals surface area contributed by atoms with E-state index in [1.807, 2.05) is 48.5 Å². The molecule has 1 atom stereocenters. The molecule has 1 saturated heterocycles. The van der Waals surface area contributed by atoms with E-state index in [4.69, 9.17) is 16.2 Å². The molecule has 0 radical (unpaired) electrons. The normalized spacial score (nSPS) is 15.5. The molecule has 10 nitrogen and oxygen atoms in total. The van der Waals surface area contributed by atoms with Crippen LogP contribution in [0.1, 0.15) is 28.0 Å². The number of hydrogen-bond acceptors (Lipinski definition) is 8. The van der Waals surface area contributed by atoms with Crippen molar-refractivity contribution in [2.75, 3.05) is 38.3 Å². The number of aromatic nitrogens is 3. The van der Waals surface area contributed by atoms with Crippen LogP contribution in [0.5, 0.6) is 0 Å². The summed E-state index contributed by atoms with van der Waals surface area (Å²) >= 11 is 0. The highest BCUT2D eigenvalue weighted by molar-refractivity contribution is 6.03. The molecule has 3 heterocycles. The van der Waals surface area contributed by atoms with E-state index in [9.17, 15) is 9.59 Å². The Balaban J connectivity index is 1.43. The molecule has 4 aromatic rings. The lowest BCUT2D eigenvalue weighted by Crippen LogP contribution is -2.32. The number of methoxy groups -OCH3 is 1. The highest BCUT2D eigenvalue weighted by atomic mass is 16.5. The van der Waals surface area contributed by atoms with Crippen molar-refractivity contribution in [2.45, 2.75) is 13.0 Å². The Morgan fingerprint density at radius 1 is 1.16 bits per heavy atom. The van der Waals surface area contributed by atoms with Gasteiger partial charge in [-0.1, -0.05) is 42.5 Å². The van der Waals surface area contributed by atoms with Gasteiger partial charge < -0.3 is 21.1 Å². The monoisotopic (exact) mass is 511 g/mol. The van der Waals surface area contributed by atoms with Crippen LogP contribution in [0.25, 0.3) is 16.6 Å². The number of carbonyl (C=O) groups excluding carboxylic acids is 2. The van der Waals surface area contributed by atoms with Crippen LogP contribution in [-0.4, -0.2) is 64.2 Å². The zero-order valence-corrected chi connectivity index (χ0v) is 21.1. The number of nitrogens with two attached hydrogens (primary N) is 2. The van der Waals surface area contributed by atoms with Crippen LogP contribution in [0.15, 0.2) is 65.9 Å². The minimum absolute atomic E-state index is 0.00272. The maximum atomic E-state index is 13.6. The van der Waals surface area contributed by atoms with Crippen LogP contribution < -0.4 is 11.5 Å². The van der Waals surface area contributed by atoms with E-state index in [2.05, 4.69) is 15.1 Å². The lowest BCUT2D eigenvalue weighted by Gasteiger charge is -2.15. The third-order valence-corrected chi connectivity index (χ3v) is 6.76. The number of anilines is 2. The number of rotatable bonds is 8. The van der Waals surface area contributed by atoms with E-state index in [0.717, 1.165) is 16.7 Å². The first-order valence-electron chi connectivity index (χ1n) is 12.3. The number of Topliss-reactive ketones (excluding diaryl/α,β-unsaturated/α-hetero) is 1. The van der Waals surface area contributed by atoms with Crippen LogP contribution in [0.3, 0.4) is 0 Å². The summed E-state index contributed by atoms with van der Waals surface area (Å²) < 4.78 is 6.48. The number of amides is 1. The van der Waals surface area contributed by atoms with E-state index in [-0.39, 0.29) is 30.0 Å². The highest BCUT2D eigenvalue weighted by Crippen LogP contribution is 2.33. The summed E-state index contributed by atoms with van der Waals surface area (Å²) in [6, 6.07) is 17.4. The van der Waals surface area contributed by atoms with Gasteiger partial charge in [0.15, 0.2) is 11.6 Å². The van der Waals surface area contributed by atoms with Crippen molar-refractivity contribution in [2.24, 2.45) is 10.9 Å². The lowest BCUT2D eigenvalue weighted by atomic mass is 9.99. The number of aliphatic imine (C=N–C) groups is 1. The van der Waals surface area contributed by atoms with Crippen molar-refractivity contribution in [1.29, 1.82) is 0 Å². The quantitative estimate of drug-likeness (QED) is 0.210. The van der Waals surface area contributed by atoms with E-state index < -0.39 is 0 Å². The lowest BCUT2D eigenvalue weighted by molar-refractivity contribution is -0.134. The van der Waals surface area contributed by atoms with E-state index in [1.165, 1.54) is 18.0 Å². The maximum Gasteiger partial charge on any atom is 0.248 e. The fourth-order valence-electron chi connectivity index (χ4n) is 4.78. The molecule has 1 fully saturated rings. The van der Waals surface area contributed by atoms with Crippen molar-refractivity contribution in [1.82, 2.24) is 19.5 Å². The van der Waals surface area contributed by atoms with Gasteiger partial charge in [0, 0.05) is 49.1 Å². The Kier molecular flexibility index (Phi) is 7.14. The molecule has 4 N–H and O–H groups in total. The second kappa shape index (κ2) is 10.8. The first kappa shape index (κ1) is 25.1. The number of ether oxygens (including phenoxy) is 1. The molecular formula is C28H29N7O3. The summed E-state index contributed by atoms with van der Waals surface area (Å²) in [6.07, 6.45) is 3.65. The second-order valence-corrected chi connectivity index (χ2v) is 9.27. The average Bonchev–Trinajstić information content (AvgIpc) is 3.57. The van der Waals surface area contributed by atoms with Crippen LogP contribution in [-0.2, 0) is 16.1 Å². The summed E-state index contributed by atoms with van der Waals surface area (Å²) in [4.78, 5) is 36.1. The Morgan fingerprint density at radius 3 is 2.74 bits per heavy atom. The number of nitrogen functional groups attached to an aromatic ring is 2. The topological polar surface area (TPSA) is 141 Å². The van der Waals surface area contributed by atoms with Crippen LogP contribution >= 0.6 is 0 Å². The third-order valence-electron chi connectivity index (χ3n) is 6.76. The zero-order chi connectivity index (χ0) is 26.6. The van der Waals surface area contributed by atoms with Gasteiger partial charge in [-0.3, -0.25) is 14.6 Å². The van der Waals surface area contributed by atoms with Gasteiger partial charge in [-0.2, -0.15) is 5.10 Å². The molecule has 194 valence electrons.